The molecule has 1 aromatic carbocycles. The van der Waals surface area contributed by atoms with Gasteiger partial charge < -0.3 is 9.84 Å². The van der Waals surface area contributed by atoms with Crippen molar-refractivity contribution in [3.05, 3.63) is 27.3 Å². The van der Waals surface area contributed by atoms with Gasteiger partial charge in [-0.15, -0.1) is 0 Å². The number of benzene rings is 1. The van der Waals surface area contributed by atoms with Crippen molar-refractivity contribution in [3.8, 4) is 5.75 Å². The molecule has 2 N–H and O–H groups in total. The highest BCUT2D eigenvalue weighted by atomic mass is 35.5. The monoisotopic (exact) mass is 336 g/mol. The van der Waals surface area contributed by atoms with Crippen LogP contribution in [0.5, 0.6) is 5.75 Å². The number of halogens is 1. The number of sulfonamides is 1. The van der Waals surface area contributed by atoms with E-state index in [1.807, 2.05) is 0 Å². The second kappa shape index (κ2) is 6.14. The van der Waals surface area contributed by atoms with E-state index in [-0.39, 0.29) is 17.7 Å². The zero-order valence-corrected chi connectivity index (χ0v) is 12.4. The molecule has 1 atom stereocenters. The standard InChI is InChI=1S/C11H13ClN2O6S/c12-7-4-9(14(16)17)11(15)10(5-7)21(18,19)13-6-8-2-1-3-20-8/h4-5,8,13,15H,1-3,6H2. The first-order chi connectivity index (χ1) is 9.81. The van der Waals surface area contributed by atoms with Crippen LogP contribution in [-0.2, 0) is 14.8 Å². The summed E-state index contributed by atoms with van der Waals surface area (Å²) in [5.74, 6) is -0.941. The summed E-state index contributed by atoms with van der Waals surface area (Å²) in [4.78, 5) is 9.24. The van der Waals surface area contributed by atoms with Gasteiger partial charge in [0.2, 0.25) is 15.8 Å². The van der Waals surface area contributed by atoms with Crippen LogP contribution in [0, 0.1) is 10.1 Å². The Morgan fingerprint density at radius 2 is 2.24 bits per heavy atom. The van der Waals surface area contributed by atoms with Gasteiger partial charge in [-0.1, -0.05) is 11.6 Å². The van der Waals surface area contributed by atoms with E-state index >= 15 is 0 Å². The minimum atomic E-state index is -4.13. The summed E-state index contributed by atoms with van der Waals surface area (Å²) in [7, 11) is -4.13. The Balaban J connectivity index is 2.28. The first-order valence-electron chi connectivity index (χ1n) is 6.09. The van der Waals surface area contributed by atoms with Crippen LogP contribution in [0.25, 0.3) is 0 Å². The molecule has 1 heterocycles. The highest BCUT2D eigenvalue weighted by Gasteiger charge is 2.28. The lowest BCUT2D eigenvalue weighted by molar-refractivity contribution is -0.386. The Morgan fingerprint density at radius 1 is 1.52 bits per heavy atom. The molecule has 0 spiro atoms. The SMILES string of the molecule is O=[N+]([O-])c1cc(Cl)cc(S(=O)(=O)NCC2CCCO2)c1O. The number of phenols is 1. The van der Waals surface area contributed by atoms with Crippen LogP contribution in [0.2, 0.25) is 5.02 Å². The molecule has 1 fully saturated rings. The van der Waals surface area contributed by atoms with Gasteiger partial charge in [-0.05, 0) is 18.9 Å². The van der Waals surface area contributed by atoms with Gasteiger partial charge in [-0.25, -0.2) is 13.1 Å². The quantitative estimate of drug-likeness (QED) is 0.620. The third-order valence-electron chi connectivity index (χ3n) is 3.03. The first-order valence-corrected chi connectivity index (χ1v) is 7.95. The number of nitro benzene ring substituents is 1. The lowest BCUT2D eigenvalue weighted by atomic mass is 10.2. The van der Waals surface area contributed by atoms with Crippen molar-refractivity contribution in [2.75, 3.05) is 13.2 Å². The molecule has 1 saturated heterocycles. The second-order valence-corrected chi connectivity index (χ2v) is 6.69. The van der Waals surface area contributed by atoms with Crippen molar-refractivity contribution in [3.63, 3.8) is 0 Å². The first kappa shape index (κ1) is 16.0. The maximum Gasteiger partial charge on any atom is 0.313 e. The molecule has 0 saturated carbocycles. The predicted octanol–water partition coefficient (Wildman–Crippen LogP) is 1.41. The van der Waals surface area contributed by atoms with Gasteiger partial charge in [-0.2, -0.15) is 0 Å². The molecular weight excluding hydrogens is 324 g/mol. The topological polar surface area (TPSA) is 119 Å². The average Bonchev–Trinajstić information content (AvgIpc) is 2.91. The number of ether oxygens (including phenoxy) is 1. The summed E-state index contributed by atoms with van der Waals surface area (Å²) in [5.41, 5.74) is -0.764. The van der Waals surface area contributed by atoms with E-state index < -0.39 is 31.3 Å². The van der Waals surface area contributed by atoms with E-state index in [1.165, 1.54) is 0 Å². The Labute approximate surface area is 125 Å². The zero-order valence-electron chi connectivity index (χ0n) is 10.8. The van der Waals surface area contributed by atoms with Crippen molar-refractivity contribution in [1.82, 2.24) is 4.72 Å². The molecular formula is C11H13ClN2O6S. The van der Waals surface area contributed by atoms with Gasteiger partial charge in [0, 0.05) is 24.2 Å². The van der Waals surface area contributed by atoms with Crippen LogP contribution >= 0.6 is 11.6 Å². The van der Waals surface area contributed by atoms with Crippen molar-refractivity contribution in [2.45, 2.75) is 23.8 Å². The highest BCUT2D eigenvalue weighted by molar-refractivity contribution is 7.89. The third kappa shape index (κ3) is 3.62. The number of phenolic OH excluding ortho intramolecular Hbond substituents is 1. The predicted molar refractivity (Wildman–Crippen MR) is 73.9 cm³/mol. The van der Waals surface area contributed by atoms with Crippen LogP contribution < -0.4 is 4.72 Å². The van der Waals surface area contributed by atoms with Gasteiger partial charge in [0.25, 0.3) is 0 Å². The number of nitrogens with zero attached hydrogens (tertiary/aromatic N) is 1. The zero-order chi connectivity index (χ0) is 15.6. The number of rotatable bonds is 5. The normalized spacial score (nSPS) is 18.8. The summed E-state index contributed by atoms with van der Waals surface area (Å²) < 4.78 is 31.8. The van der Waals surface area contributed by atoms with E-state index in [0.717, 1.165) is 25.0 Å². The summed E-state index contributed by atoms with van der Waals surface area (Å²) in [6.07, 6.45) is 1.33. The van der Waals surface area contributed by atoms with E-state index in [4.69, 9.17) is 16.3 Å². The molecule has 1 aliphatic heterocycles. The molecule has 10 heteroatoms. The summed E-state index contributed by atoms with van der Waals surface area (Å²) in [6.45, 7) is 0.600. The average molecular weight is 337 g/mol. The van der Waals surface area contributed by atoms with Crippen molar-refractivity contribution in [1.29, 1.82) is 0 Å². The minimum Gasteiger partial charge on any atom is -0.501 e. The van der Waals surface area contributed by atoms with Gasteiger partial charge in [-0.3, -0.25) is 10.1 Å². The Bertz CT molecular complexity index is 657. The lowest BCUT2D eigenvalue weighted by Gasteiger charge is -2.12. The third-order valence-corrected chi connectivity index (χ3v) is 4.69. The Hall–Kier alpha value is -1.42. The molecule has 21 heavy (non-hydrogen) atoms. The molecule has 1 aliphatic rings. The van der Waals surface area contributed by atoms with Crippen LogP contribution in [-0.4, -0.2) is 37.7 Å². The minimum absolute atomic E-state index is 0.0298. The molecule has 0 aromatic heterocycles. The maximum absolute atomic E-state index is 12.1. The molecule has 0 bridgehead atoms. The van der Waals surface area contributed by atoms with Gasteiger partial charge in [0.15, 0.2) is 0 Å². The van der Waals surface area contributed by atoms with Gasteiger partial charge >= 0.3 is 5.69 Å². The van der Waals surface area contributed by atoms with E-state index in [9.17, 15) is 23.6 Å². The summed E-state index contributed by atoms with van der Waals surface area (Å²) in [5, 5.41) is 20.4. The fourth-order valence-electron chi connectivity index (χ4n) is 1.99. The fourth-order valence-corrected chi connectivity index (χ4v) is 3.47. The highest BCUT2D eigenvalue weighted by Crippen LogP contribution is 2.35. The molecule has 0 radical (unpaired) electrons. The fraction of sp³-hybridized carbons (Fsp3) is 0.455. The number of hydrogen-bond acceptors (Lipinski definition) is 6. The van der Waals surface area contributed by atoms with Crippen LogP contribution in [0.1, 0.15) is 12.8 Å². The van der Waals surface area contributed by atoms with Gasteiger partial charge in [0.1, 0.15) is 4.90 Å². The van der Waals surface area contributed by atoms with Crippen LogP contribution in [0.4, 0.5) is 5.69 Å². The van der Waals surface area contributed by atoms with E-state index in [0.29, 0.717) is 6.61 Å². The second-order valence-electron chi connectivity index (χ2n) is 4.52. The van der Waals surface area contributed by atoms with Crippen molar-refractivity contribution >= 4 is 27.3 Å². The smallest absolute Gasteiger partial charge is 0.313 e. The van der Waals surface area contributed by atoms with Crippen LogP contribution in [0.3, 0.4) is 0 Å². The molecule has 1 aromatic rings. The Morgan fingerprint density at radius 3 is 2.81 bits per heavy atom. The van der Waals surface area contributed by atoms with Gasteiger partial charge in [0.05, 0.1) is 11.0 Å². The van der Waals surface area contributed by atoms with Crippen molar-refractivity contribution in [2.24, 2.45) is 0 Å². The number of hydrogen-bond donors (Lipinski definition) is 2. The van der Waals surface area contributed by atoms with Crippen LogP contribution in [0.15, 0.2) is 17.0 Å². The lowest BCUT2D eigenvalue weighted by Crippen LogP contribution is -2.31. The molecule has 116 valence electrons. The summed E-state index contributed by atoms with van der Waals surface area (Å²) >= 11 is 5.67. The number of nitro groups is 1. The van der Waals surface area contributed by atoms with Crippen molar-refractivity contribution < 1.29 is 23.2 Å². The molecule has 8 nitrogen and oxygen atoms in total. The van der Waals surface area contributed by atoms with E-state index in [2.05, 4.69) is 4.72 Å². The molecule has 1 unspecified atom stereocenters. The molecule has 0 aliphatic carbocycles. The number of nitrogens with one attached hydrogen (secondary N) is 1. The largest absolute Gasteiger partial charge is 0.501 e. The number of aromatic hydroxyl groups is 1. The van der Waals surface area contributed by atoms with E-state index in [1.54, 1.807) is 0 Å². The molecule has 0 amide bonds. The maximum atomic E-state index is 12.1. The Kier molecular flexibility index (Phi) is 4.67. The summed E-state index contributed by atoms with van der Waals surface area (Å²) in [6, 6.07) is 1.84. The molecule has 2 rings (SSSR count).